The van der Waals surface area contributed by atoms with Crippen molar-refractivity contribution < 1.29 is 13.2 Å². The summed E-state index contributed by atoms with van der Waals surface area (Å²) in [5, 5.41) is 0. The minimum atomic E-state index is -3.72. The van der Waals surface area contributed by atoms with Gasteiger partial charge in [-0.15, -0.1) is 0 Å². The first-order chi connectivity index (χ1) is 7.00. The second kappa shape index (κ2) is 3.06. The van der Waals surface area contributed by atoms with Gasteiger partial charge in [-0.1, -0.05) is 12.1 Å². The van der Waals surface area contributed by atoms with Crippen LogP contribution in [0.2, 0.25) is 0 Å². The van der Waals surface area contributed by atoms with Gasteiger partial charge in [0.15, 0.2) is 0 Å². The first-order valence-corrected chi connectivity index (χ1v) is 5.49. The van der Waals surface area contributed by atoms with Gasteiger partial charge >= 0.3 is 0 Å². The van der Waals surface area contributed by atoms with Gasteiger partial charge in [-0.05, 0) is 12.1 Å². The Morgan fingerprint density at radius 3 is 2.67 bits per heavy atom. The molecule has 7 heteroatoms. The highest BCUT2D eigenvalue weighted by atomic mass is 32.2. The number of aliphatic imine (C=N–C) groups is 1. The summed E-state index contributed by atoms with van der Waals surface area (Å²) in [4.78, 5) is 14.6. The van der Waals surface area contributed by atoms with Crippen molar-refractivity contribution in [3.63, 3.8) is 0 Å². The van der Waals surface area contributed by atoms with Gasteiger partial charge in [0.05, 0.1) is 5.69 Å². The van der Waals surface area contributed by atoms with Crippen LogP contribution in [0.1, 0.15) is 0 Å². The van der Waals surface area contributed by atoms with E-state index in [0.717, 1.165) is 0 Å². The number of nitrogens with zero attached hydrogens (tertiary/aromatic N) is 1. The minimum Gasteiger partial charge on any atom is -0.363 e. The summed E-state index contributed by atoms with van der Waals surface area (Å²) in [6.45, 7) is 0. The van der Waals surface area contributed by atoms with Gasteiger partial charge in [0.1, 0.15) is 4.90 Å². The van der Waals surface area contributed by atoms with Gasteiger partial charge in [-0.25, -0.2) is 13.4 Å². The summed E-state index contributed by atoms with van der Waals surface area (Å²) in [5.74, 6) is -1.28. The van der Waals surface area contributed by atoms with Crippen LogP contribution in [0.5, 0.6) is 0 Å². The molecule has 0 aromatic heterocycles. The normalized spacial score (nSPS) is 17.2. The molecule has 1 amide bonds. The van der Waals surface area contributed by atoms with E-state index in [9.17, 15) is 13.2 Å². The number of nitrogens with one attached hydrogen (secondary N) is 1. The van der Waals surface area contributed by atoms with Crippen LogP contribution in [0.15, 0.2) is 34.2 Å². The van der Waals surface area contributed by atoms with E-state index in [0.29, 0.717) is 0 Å². The summed E-state index contributed by atoms with van der Waals surface area (Å²) < 4.78 is 25.2. The lowest BCUT2D eigenvalue weighted by Gasteiger charge is -2.15. The molecule has 0 saturated carbocycles. The molecule has 0 spiro atoms. The van der Waals surface area contributed by atoms with Crippen LogP contribution >= 0.6 is 0 Å². The molecule has 0 radical (unpaired) electrons. The topological polar surface area (TPSA) is 102 Å². The lowest BCUT2D eigenvalue weighted by molar-refractivity contribution is -0.112. The summed E-state index contributed by atoms with van der Waals surface area (Å²) in [7, 11) is -3.72. The summed E-state index contributed by atoms with van der Waals surface area (Å²) >= 11 is 0. The second-order valence-electron chi connectivity index (χ2n) is 2.90. The van der Waals surface area contributed by atoms with Crippen LogP contribution in [-0.2, 0) is 14.8 Å². The van der Waals surface area contributed by atoms with Gasteiger partial charge < -0.3 is 5.73 Å². The lowest BCUT2D eigenvalue weighted by Crippen LogP contribution is -2.41. The molecular formula is C8H7N3O3S. The molecule has 15 heavy (non-hydrogen) atoms. The Hall–Kier alpha value is -1.89. The lowest BCUT2D eigenvalue weighted by atomic mass is 10.3. The molecule has 0 bridgehead atoms. The van der Waals surface area contributed by atoms with E-state index in [1.165, 1.54) is 12.1 Å². The van der Waals surface area contributed by atoms with E-state index < -0.39 is 15.9 Å². The van der Waals surface area contributed by atoms with Crippen LogP contribution in [0, 0.1) is 0 Å². The largest absolute Gasteiger partial charge is 0.363 e. The molecular weight excluding hydrogens is 218 g/mol. The number of amides is 1. The van der Waals surface area contributed by atoms with Gasteiger partial charge in [0.25, 0.3) is 15.9 Å². The monoisotopic (exact) mass is 225 g/mol. The highest BCUT2D eigenvalue weighted by molar-refractivity contribution is 7.90. The maximum Gasteiger partial charge on any atom is 0.285 e. The molecule has 1 heterocycles. The molecule has 0 atom stereocenters. The Kier molecular flexibility index (Phi) is 1.97. The zero-order valence-corrected chi connectivity index (χ0v) is 8.28. The van der Waals surface area contributed by atoms with Crippen molar-refractivity contribution in [2.75, 3.05) is 0 Å². The third kappa shape index (κ3) is 1.57. The van der Waals surface area contributed by atoms with E-state index in [1.54, 1.807) is 12.1 Å². The maximum atomic E-state index is 11.6. The standard InChI is InChI=1S/C8H7N3O3S/c9-7(12)8-10-5-3-1-2-4-6(5)15(13,14)11-8/h1-4H,(H2,9,12)(H,10,11). The number of fused-ring (bicyclic) bond motifs is 1. The van der Waals surface area contributed by atoms with E-state index >= 15 is 0 Å². The van der Waals surface area contributed by atoms with Crippen molar-refractivity contribution in [3.05, 3.63) is 24.3 Å². The van der Waals surface area contributed by atoms with Crippen molar-refractivity contribution in [3.8, 4) is 0 Å². The summed E-state index contributed by atoms with van der Waals surface area (Å²) in [6, 6.07) is 6.10. The molecule has 78 valence electrons. The number of benzene rings is 1. The van der Waals surface area contributed by atoms with E-state index in [4.69, 9.17) is 5.73 Å². The third-order valence-electron chi connectivity index (χ3n) is 1.85. The Balaban J connectivity index is 2.69. The Morgan fingerprint density at radius 1 is 1.33 bits per heavy atom. The van der Waals surface area contributed by atoms with Crippen molar-refractivity contribution in [1.29, 1.82) is 0 Å². The zero-order valence-electron chi connectivity index (χ0n) is 7.47. The Morgan fingerprint density at radius 2 is 2.00 bits per heavy atom. The number of hydrogen-bond acceptors (Lipinski definition) is 4. The maximum absolute atomic E-state index is 11.6. The highest BCUT2D eigenvalue weighted by Crippen LogP contribution is 2.26. The average molecular weight is 225 g/mol. The molecule has 1 aromatic carbocycles. The predicted octanol–water partition coefficient (Wildman–Crippen LogP) is -0.506. The van der Waals surface area contributed by atoms with Crippen molar-refractivity contribution in [2.24, 2.45) is 10.7 Å². The van der Waals surface area contributed by atoms with E-state index in [2.05, 4.69) is 4.99 Å². The Bertz CT molecular complexity index is 562. The number of primary amides is 1. The highest BCUT2D eigenvalue weighted by Gasteiger charge is 2.26. The molecule has 2 rings (SSSR count). The molecule has 1 aliphatic heterocycles. The molecule has 1 aromatic rings. The third-order valence-corrected chi connectivity index (χ3v) is 3.24. The molecule has 1 aliphatic rings. The van der Waals surface area contributed by atoms with E-state index in [1.807, 2.05) is 4.72 Å². The van der Waals surface area contributed by atoms with Crippen LogP contribution in [-0.4, -0.2) is 20.2 Å². The van der Waals surface area contributed by atoms with Gasteiger partial charge in [0.2, 0.25) is 5.84 Å². The van der Waals surface area contributed by atoms with Crippen molar-refractivity contribution >= 4 is 27.5 Å². The number of hydrogen-bond donors (Lipinski definition) is 2. The van der Waals surface area contributed by atoms with Gasteiger partial charge in [-0.2, -0.15) is 0 Å². The average Bonchev–Trinajstić information content (AvgIpc) is 2.16. The Labute approximate surface area is 85.9 Å². The molecule has 0 aliphatic carbocycles. The number of carbonyl (C=O) groups excluding carboxylic acids is 1. The van der Waals surface area contributed by atoms with Crippen LogP contribution in [0.3, 0.4) is 0 Å². The van der Waals surface area contributed by atoms with Crippen LogP contribution in [0.4, 0.5) is 5.69 Å². The quantitative estimate of drug-likeness (QED) is 0.673. The molecule has 0 fully saturated rings. The fourth-order valence-corrected chi connectivity index (χ4v) is 2.37. The molecule has 0 saturated heterocycles. The van der Waals surface area contributed by atoms with Crippen molar-refractivity contribution in [1.82, 2.24) is 4.72 Å². The van der Waals surface area contributed by atoms with E-state index in [-0.39, 0.29) is 16.4 Å². The van der Waals surface area contributed by atoms with Crippen LogP contribution < -0.4 is 10.5 Å². The minimum absolute atomic E-state index is 0.0370. The van der Waals surface area contributed by atoms with Gasteiger partial charge in [-0.3, -0.25) is 9.52 Å². The fourth-order valence-electron chi connectivity index (χ4n) is 1.21. The number of rotatable bonds is 1. The molecule has 6 nitrogen and oxygen atoms in total. The molecule has 3 N–H and O–H groups in total. The zero-order chi connectivity index (χ0) is 11.1. The fraction of sp³-hybridized carbons (Fsp3) is 0. The summed E-state index contributed by atoms with van der Waals surface area (Å²) in [5.41, 5.74) is 5.16. The predicted molar refractivity (Wildman–Crippen MR) is 53.1 cm³/mol. The number of carbonyl (C=O) groups is 1. The number of nitrogens with two attached hydrogens (primary N) is 1. The number of sulfonamides is 1. The first kappa shape index (κ1) is 9.66. The molecule has 0 unspecified atom stereocenters. The van der Waals surface area contributed by atoms with Gasteiger partial charge in [0, 0.05) is 0 Å². The second-order valence-corrected chi connectivity index (χ2v) is 4.55. The number of amidine groups is 1. The first-order valence-electron chi connectivity index (χ1n) is 4.01. The van der Waals surface area contributed by atoms with Crippen molar-refractivity contribution in [2.45, 2.75) is 4.90 Å². The summed E-state index contributed by atoms with van der Waals surface area (Å²) in [6.07, 6.45) is 0. The SMILES string of the molecule is NC(=O)C1=Nc2ccccc2S(=O)(=O)N1. The smallest absolute Gasteiger partial charge is 0.285 e. The number of para-hydroxylation sites is 1. The van der Waals surface area contributed by atoms with Crippen LogP contribution in [0.25, 0.3) is 0 Å².